The third-order valence-electron chi connectivity index (χ3n) is 2.15. The van der Waals surface area contributed by atoms with E-state index in [0.717, 1.165) is 24.4 Å². The lowest BCUT2D eigenvalue weighted by molar-refractivity contribution is 0.428. The van der Waals surface area contributed by atoms with E-state index in [1.807, 2.05) is 24.6 Å². The number of nitrogens with two attached hydrogens (primary N) is 1. The minimum Gasteiger partial charge on any atom is -0.365 e. The van der Waals surface area contributed by atoms with Gasteiger partial charge in [0.1, 0.15) is 5.69 Å². The number of aromatic nitrogens is 4. The van der Waals surface area contributed by atoms with Gasteiger partial charge in [-0.25, -0.2) is 0 Å². The molecule has 2 aromatic heterocycles. The van der Waals surface area contributed by atoms with Crippen LogP contribution in [0.15, 0.2) is 10.6 Å². The monoisotopic (exact) mass is 207 g/mol. The Morgan fingerprint density at radius 3 is 2.80 bits per heavy atom. The van der Waals surface area contributed by atoms with Crippen LogP contribution in [0.3, 0.4) is 0 Å². The zero-order valence-electron chi connectivity index (χ0n) is 8.77. The first-order valence-electron chi connectivity index (χ1n) is 4.90. The molecule has 0 saturated carbocycles. The molecule has 0 aromatic carbocycles. The van der Waals surface area contributed by atoms with Crippen molar-refractivity contribution < 1.29 is 4.52 Å². The smallest absolute Gasteiger partial charge is 0.277 e. The van der Waals surface area contributed by atoms with Gasteiger partial charge in [0.25, 0.3) is 11.8 Å². The molecule has 0 aliphatic heterocycles. The van der Waals surface area contributed by atoms with Crippen LogP contribution < -0.4 is 5.73 Å². The first-order chi connectivity index (χ1) is 7.24. The maximum absolute atomic E-state index is 5.40. The normalized spacial score (nSPS) is 10.8. The third kappa shape index (κ3) is 1.70. The molecule has 2 N–H and O–H groups in total. The van der Waals surface area contributed by atoms with Crippen LogP contribution in [0.25, 0.3) is 11.6 Å². The highest BCUT2D eigenvalue weighted by Crippen LogP contribution is 2.19. The van der Waals surface area contributed by atoms with Crippen molar-refractivity contribution in [3.63, 3.8) is 0 Å². The maximum Gasteiger partial charge on any atom is 0.277 e. The number of nitrogen functional groups attached to an aromatic ring is 1. The fourth-order valence-corrected chi connectivity index (χ4v) is 1.39. The van der Waals surface area contributed by atoms with Crippen LogP contribution >= 0.6 is 0 Å². The summed E-state index contributed by atoms with van der Waals surface area (Å²) in [5, 5.41) is 7.93. The maximum atomic E-state index is 5.40. The summed E-state index contributed by atoms with van der Waals surface area (Å²) >= 11 is 0. The predicted octanol–water partition coefficient (Wildman–Crippen LogP) is 1.10. The van der Waals surface area contributed by atoms with Gasteiger partial charge in [-0.15, -0.1) is 0 Å². The molecular formula is C9H13N5O. The van der Waals surface area contributed by atoms with Gasteiger partial charge in [0.2, 0.25) is 0 Å². The number of hydrogen-bond donors (Lipinski definition) is 1. The zero-order chi connectivity index (χ0) is 10.8. The fourth-order valence-electron chi connectivity index (χ4n) is 1.39. The molecule has 0 amide bonds. The van der Waals surface area contributed by atoms with Gasteiger partial charge in [0.15, 0.2) is 0 Å². The summed E-state index contributed by atoms with van der Waals surface area (Å²) in [6.07, 6.45) is 0.879. The van der Waals surface area contributed by atoms with E-state index >= 15 is 0 Å². The van der Waals surface area contributed by atoms with E-state index in [-0.39, 0.29) is 5.95 Å². The summed E-state index contributed by atoms with van der Waals surface area (Å²) in [7, 11) is 0. The molecule has 0 fully saturated rings. The molecule has 0 saturated heterocycles. The lowest BCUT2D eigenvalue weighted by Gasteiger charge is -1.97. The van der Waals surface area contributed by atoms with Crippen LogP contribution in [0.2, 0.25) is 0 Å². The second-order valence-corrected chi connectivity index (χ2v) is 3.15. The average Bonchev–Trinajstić information content (AvgIpc) is 2.82. The molecule has 0 aliphatic rings. The summed E-state index contributed by atoms with van der Waals surface area (Å²) in [6.45, 7) is 4.82. The highest BCUT2D eigenvalue weighted by molar-refractivity contribution is 5.49. The van der Waals surface area contributed by atoms with Crippen LogP contribution in [-0.4, -0.2) is 19.9 Å². The van der Waals surface area contributed by atoms with E-state index in [1.165, 1.54) is 0 Å². The Bertz CT molecular complexity index is 459. The SMILES string of the molecule is CCc1cc(-c2nc(N)no2)n(CC)n1. The van der Waals surface area contributed by atoms with E-state index < -0.39 is 0 Å². The zero-order valence-corrected chi connectivity index (χ0v) is 8.77. The van der Waals surface area contributed by atoms with Gasteiger partial charge in [0, 0.05) is 6.54 Å². The Morgan fingerprint density at radius 1 is 1.47 bits per heavy atom. The minimum atomic E-state index is 0.145. The fraction of sp³-hybridized carbons (Fsp3) is 0.444. The largest absolute Gasteiger partial charge is 0.365 e. The van der Waals surface area contributed by atoms with Crippen LogP contribution in [-0.2, 0) is 13.0 Å². The first-order valence-corrected chi connectivity index (χ1v) is 4.90. The average molecular weight is 207 g/mol. The molecule has 0 unspecified atom stereocenters. The standard InChI is InChI=1S/C9H13N5O/c1-3-6-5-7(14(4-2)12-6)8-11-9(10)13-15-8/h5H,3-4H2,1-2H3,(H2,10,13). The first kappa shape index (κ1) is 9.70. The summed E-state index contributed by atoms with van der Waals surface area (Å²) < 4.78 is 6.83. The molecule has 6 nitrogen and oxygen atoms in total. The third-order valence-corrected chi connectivity index (χ3v) is 2.15. The molecular weight excluding hydrogens is 194 g/mol. The molecule has 0 aliphatic carbocycles. The van der Waals surface area contributed by atoms with Crippen LogP contribution in [0.1, 0.15) is 19.5 Å². The Labute approximate surface area is 87.1 Å². The number of nitrogens with zero attached hydrogens (tertiary/aromatic N) is 4. The molecule has 2 rings (SSSR count). The van der Waals surface area contributed by atoms with Gasteiger partial charge in [-0.05, 0) is 24.6 Å². The second kappa shape index (κ2) is 3.72. The Balaban J connectivity index is 2.46. The lowest BCUT2D eigenvalue weighted by atomic mass is 10.3. The molecule has 2 aromatic rings. The quantitative estimate of drug-likeness (QED) is 0.814. The van der Waals surface area contributed by atoms with Crippen molar-refractivity contribution in [2.24, 2.45) is 0 Å². The van der Waals surface area contributed by atoms with Crippen LogP contribution in [0.4, 0.5) is 5.95 Å². The van der Waals surface area contributed by atoms with E-state index in [9.17, 15) is 0 Å². The van der Waals surface area contributed by atoms with Gasteiger partial charge >= 0.3 is 0 Å². The van der Waals surface area contributed by atoms with E-state index in [2.05, 4.69) is 15.2 Å². The topological polar surface area (TPSA) is 82.8 Å². The van der Waals surface area contributed by atoms with Crippen molar-refractivity contribution in [2.45, 2.75) is 26.8 Å². The van der Waals surface area contributed by atoms with Crippen molar-refractivity contribution >= 4 is 5.95 Å². The number of aryl methyl sites for hydroxylation is 2. The number of hydrogen-bond acceptors (Lipinski definition) is 5. The van der Waals surface area contributed by atoms with Crippen LogP contribution in [0, 0.1) is 0 Å². The van der Waals surface area contributed by atoms with Crippen LogP contribution in [0.5, 0.6) is 0 Å². The summed E-state index contributed by atoms with van der Waals surface area (Å²) in [5.41, 5.74) is 7.22. The number of rotatable bonds is 3. The Kier molecular flexibility index (Phi) is 2.40. The summed E-state index contributed by atoms with van der Waals surface area (Å²) in [5.74, 6) is 0.563. The molecule has 0 atom stereocenters. The Hall–Kier alpha value is -1.85. The molecule has 0 radical (unpaired) electrons. The van der Waals surface area contributed by atoms with Gasteiger partial charge in [0.05, 0.1) is 5.69 Å². The summed E-state index contributed by atoms with van der Waals surface area (Å²) in [6, 6.07) is 1.94. The van der Waals surface area contributed by atoms with Crippen molar-refractivity contribution in [1.82, 2.24) is 19.9 Å². The van der Waals surface area contributed by atoms with Gasteiger partial charge in [-0.3, -0.25) is 4.68 Å². The van der Waals surface area contributed by atoms with E-state index in [1.54, 1.807) is 0 Å². The van der Waals surface area contributed by atoms with Gasteiger partial charge in [-0.1, -0.05) is 6.92 Å². The van der Waals surface area contributed by atoms with Crippen molar-refractivity contribution in [3.8, 4) is 11.6 Å². The van der Waals surface area contributed by atoms with Crippen molar-refractivity contribution in [2.75, 3.05) is 5.73 Å². The molecule has 2 heterocycles. The molecule has 6 heteroatoms. The highest BCUT2D eigenvalue weighted by Gasteiger charge is 2.13. The van der Waals surface area contributed by atoms with E-state index in [0.29, 0.717) is 5.89 Å². The van der Waals surface area contributed by atoms with Gasteiger partial charge in [-0.2, -0.15) is 10.1 Å². The predicted molar refractivity (Wildman–Crippen MR) is 55.0 cm³/mol. The summed E-state index contributed by atoms with van der Waals surface area (Å²) in [4.78, 5) is 3.98. The highest BCUT2D eigenvalue weighted by atomic mass is 16.5. The molecule has 15 heavy (non-hydrogen) atoms. The van der Waals surface area contributed by atoms with Crippen molar-refractivity contribution in [1.29, 1.82) is 0 Å². The van der Waals surface area contributed by atoms with Crippen molar-refractivity contribution in [3.05, 3.63) is 11.8 Å². The lowest BCUT2D eigenvalue weighted by Crippen LogP contribution is -1.99. The van der Waals surface area contributed by atoms with E-state index in [4.69, 9.17) is 10.3 Å². The Morgan fingerprint density at radius 2 is 2.27 bits per heavy atom. The second-order valence-electron chi connectivity index (χ2n) is 3.15. The molecule has 80 valence electrons. The number of anilines is 1. The van der Waals surface area contributed by atoms with Gasteiger partial charge < -0.3 is 10.3 Å². The molecule has 0 bridgehead atoms. The minimum absolute atomic E-state index is 0.145. The molecule has 0 spiro atoms.